The largest absolute Gasteiger partial charge is 0.481 e. The molecule has 0 atom stereocenters. The van der Waals surface area contributed by atoms with Gasteiger partial charge in [-0.2, -0.15) is 4.98 Å². The topological polar surface area (TPSA) is 100 Å². The Morgan fingerprint density at radius 3 is 2.83 bits per heavy atom. The zero-order chi connectivity index (χ0) is 13.0. The van der Waals surface area contributed by atoms with E-state index in [1.54, 1.807) is 24.5 Å². The molecule has 0 aliphatic heterocycles. The summed E-state index contributed by atoms with van der Waals surface area (Å²) in [6, 6.07) is 3.10. The minimum absolute atomic E-state index is 0.0192. The third-order valence-corrected chi connectivity index (χ3v) is 2.26. The quantitative estimate of drug-likeness (QED) is 0.738. The van der Waals surface area contributed by atoms with Crippen molar-refractivity contribution in [2.45, 2.75) is 13.0 Å². The van der Waals surface area contributed by atoms with Crippen molar-refractivity contribution in [2.75, 3.05) is 0 Å². The van der Waals surface area contributed by atoms with Gasteiger partial charge in [0.25, 0.3) is 0 Å². The number of nitrogens with zero attached hydrogens (tertiary/aromatic N) is 4. The van der Waals surface area contributed by atoms with Crippen LogP contribution in [0.2, 0.25) is 0 Å². The lowest BCUT2D eigenvalue weighted by molar-refractivity contribution is -0.752. The fourth-order valence-corrected chi connectivity index (χ4v) is 1.39. The van der Waals surface area contributed by atoms with Crippen LogP contribution in [0.25, 0.3) is 11.3 Å². The predicted octanol–water partition coefficient (Wildman–Crippen LogP) is 0.00640. The molecule has 0 spiro atoms. The number of rotatable bonds is 4. The molecule has 2 aromatic rings. The molecule has 0 fully saturated rings. The minimum Gasteiger partial charge on any atom is -0.481 e. The molecule has 2 N–H and O–H groups in total. The lowest BCUT2D eigenvalue weighted by Gasteiger charge is -1.98. The lowest BCUT2D eigenvalue weighted by Crippen LogP contribution is -2.38. The second-order valence-electron chi connectivity index (χ2n) is 3.56. The zero-order valence-corrected chi connectivity index (χ0v) is 9.39. The van der Waals surface area contributed by atoms with Gasteiger partial charge in [-0.3, -0.25) is 4.79 Å². The van der Waals surface area contributed by atoms with Gasteiger partial charge in [-0.25, -0.2) is 4.98 Å². The lowest BCUT2D eigenvalue weighted by atomic mass is 10.2. The highest BCUT2D eigenvalue weighted by Crippen LogP contribution is 2.14. The molecule has 0 aliphatic rings. The summed E-state index contributed by atoms with van der Waals surface area (Å²) in [4.78, 5) is 17.8. The van der Waals surface area contributed by atoms with E-state index in [0.717, 1.165) is 5.56 Å². The van der Waals surface area contributed by atoms with Crippen LogP contribution in [0.1, 0.15) is 6.42 Å². The zero-order valence-electron chi connectivity index (χ0n) is 9.39. The first-order chi connectivity index (χ1) is 8.65. The first-order valence-electron chi connectivity index (χ1n) is 5.25. The van der Waals surface area contributed by atoms with E-state index < -0.39 is 5.97 Å². The van der Waals surface area contributed by atoms with Crippen LogP contribution in [0.4, 0.5) is 0 Å². The number of hydrogen-bond acceptors (Lipinski definition) is 5. The summed E-state index contributed by atoms with van der Waals surface area (Å²) < 4.78 is 1.53. The maximum absolute atomic E-state index is 10.4. The first kappa shape index (κ1) is 11.9. The highest BCUT2D eigenvalue weighted by Gasteiger charge is 2.08. The number of carboxylic acid groups (broad SMARTS) is 1. The van der Waals surface area contributed by atoms with Gasteiger partial charge in [-0.15, -0.1) is 0 Å². The Morgan fingerprint density at radius 2 is 2.22 bits per heavy atom. The number of carbonyl (C=O) groups is 1. The number of aromatic nitrogens is 4. The standard InChI is InChI=1S/C11H10N4O3/c16-10(17)3-6-15-5-2-8(7-13-15)9-1-4-12-11(18)14-9/h1-2,4-5,7H,3,6H2,(H-,12,14,16,17,18)/p+1. The maximum Gasteiger partial charge on any atom is 0.314 e. The molecule has 0 aliphatic carbocycles. The summed E-state index contributed by atoms with van der Waals surface area (Å²) in [5.74, 6) is -0.867. The molecule has 0 bridgehead atoms. The van der Waals surface area contributed by atoms with Gasteiger partial charge in [0.15, 0.2) is 12.7 Å². The van der Waals surface area contributed by atoms with E-state index in [2.05, 4.69) is 15.1 Å². The van der Waals surface area contributed by atoms with Crippen molar-refractivity contribution in [1.82, 2.24) is 15.1 Å². The number of aromatic hydroxyl groups is 1. The van der Waals surface area contributed by atoms with Crippen LogP contribution < -0.4 is 4.68 Å². The van der Waals surface area contributed by atoms with Crippen LogP contribution in [-0.4, -0.2) is 31.2 Å². The highest BCUT2D eigenvalue weighted by atomic mass is 16.4. The van der Waals surface area contributed by atoms with E-state index in [0.29, 0.717) is 12.2 Å². The number of hydrogen-bond donors (Lipinski definition) is 2. The molecule has 0 unspecified atom stereocenters. The van der Waals surface area contributed by atoms with Crippen molar-refractivity contribution in [2.24, 2.45) is 0 Å². The SMILES string of the molecule is O=C(O)CC[n+]1ccc(-c2ccnc(O)n2)cn1. The van der Waals surface area contributed by atoms with E-state index in [9.17, 15) is 4.79 Å². The highest BCUT2D eigenvalue weighted by molar-refractivity contribution is 5.66. The fraction of sp³-hybridized carbons (Fsp3) is 0.182. The van der Waals surface area contributed by atoms with E-state index in [-0.39, 0.29) is 12.4 Å². The van der Waals surface area contributed by atoms with Crippen molar-refractivity contribution >= 4 is 5.97 Å². The van der Waals surface area contributed by atoms with E-state index >= 15 is 0 Å². The molecular weight excluding hydrogens is 236 g/mol. The van der Waals surface area contributed by atoms with Gasteiger partial charge in [-0.05, 0) is 11.2 Å². The summed E-state index contributed by atoms with van der Waals surface area (Å²) in [6.45, 7) is 0.310. The Morgan fingerprint density at radius 1 is 1.39 bits per heavy atom. The van der Waals surface area contributed by atoms with Crippen molar-refractivity contribution in [3.8, 4) is 17.3 Å². The molecule has 0 radical (unpaired) electrons. The molecule has 18 heavy (non-hydrogen) atoms. The molecule has 2 aromatic heterocycles. The normalized spacial score (nSPS) is 10.2. The van der Waals surface area contributed by atoms with Crippen LogP contribution in [0.5, 0.6) is 6.01 Å². The Kier molecular flexibility index (Phi) is 3.42. The van der Waals surface area contributed by atoms with Gasteiger partial charge in [0.1, 0.15) is 12.6 Å². The van der Waals surface area contributed by atoms with Gasteiger partial charge in [0, 0.05) is 17.8 Å². The van der Waals surface area contributed by atoms with Gasteiger partial charge in [-0.1, -0.05) is 4.68 Å². The third-order valence-electron chi connectivity index (χ3n) is 2.26. The smallest absolute Gasteiger partial charge is 0.314 e. The van der Waals surface area contributed by atoms with Gasteiger partial charge in [0.05, 0.1) is 5.69 Å². The second-order valence-corrected chi connectivity index (χ2v) is 3.56. The molecule has 2 rings (SSSR count). The Bertz CT molecular complexity index is 556. The van der Waals surface area contributed by atoms with Crippen molar-refractivity contribution in [1.29, 1.82) is 0 Å². The number of carboxylic acids is 1. The van der Waals surface area contributed by atoms with Crippen molar-refractivity contribution in [3.05, 3.63) is 30.7 Å². The Balaban J connectivity index is 2.14. The third kappa shape index (κ3) is 2.97. The summed E-state index contributed by atoms with van der Waals surface area (Å²) in [7, 11) is 0. The number of aliphatic carboxylic acids is 1. The Labute approximate surface area is 102 Å². The first-order valence-corrected chi connectivity index (χ1v) is 5.25. The molecule has 0 saturated heterocycles. The molecule has 92 valence electrons. The predicted molar refractivity (Wildman–Crippen MR) is 59.4 cm³/mol. The van der Waals surface area contributed by atoms with Crippen LogP contribution in [0, 0.1) is 0 Å². The van der Waals surface area contributed by atoms with E-state index in [1.807, 2.05) is 0 Å². The van der Waals surface area contributed by atoms with E-state index in [1.165, 1.54) is 10.9 Å². The second kappa shape index (κ2) is 5.17. The summed E-state index contributed by atoms with van der Waals surface area (Å²) in [6.07, 6.45) is 4.69. The van der Waals surface area contributed by atoms with Crippen LogP contribution in [-0.2, 0) is 11.3 Å². The molecular formula is C11H11N4O3+. The van der Waals surface area contributed by atoms with E-state index in [4.69, 9.17) is 10.2 Å². The molecule has 7 nitrogen and oxygen atoms in total. The van der Waals surface area contributed by atoms with Gasteiger partial charge < -0.3 is 10.2 Å². The number of aryl methyl sites for hydroxylation is 1. The van der Waals surface area contributed by atoms with Gasteiger partial charge >= 0.3 is 12.0 Å². The molecule has 0 aromatic carbocycles. The maximum atomic E-state index is 10.4. The van der Waals surface area contributed by atoms with Crippen molar-refractivity contribution in [3.63, 3.8) is 0 Å². The summed E-state index contributed by atoms with van der Waals surface area (Å²) in [5.41, 5.74) is 1.28. The molecule has 0 amide bonds. The average Bonchev–Trinajstić information content (AvgIpc) is 2.37. The van der Waals surface area contributed by atoms with Crippen LogP contribution in [0.15, 0.2) is 30.7 Å². The van der Waals surface area contributed by atoms with Crippen molar-refractivity contribution < 1.29 is 19.7 Å². The summed E-state index contributed by atoms with van der Waals surface area (Å²) >= 11 is 0. The van der Waals surface area contributed by atoms with Gasteiger partial charge in [0.2, 0.25) is 0 Å². The molecule has 0 saturated carbocycles. The Hall–Kier alpha value is -2.57. The monoisotopic (exact) mass is 247 g/mol. The minimum atomic E-state index is -0.867. The summed E-state index contributed by atoms with van der Waals surface area (Å²) in [5, 5.41) is 21.8. The fourth-order valence-electron chi connectivity index (χ4n) is 1.39. The van der Waals surface area contributed by atoms with Crippen LogP contribution in [0.3, 0.4) is 0 Å². The average molecular weight is 247 g/mol. The molecule has 2 heterocycles. The molecule has 7 heteroatoms. The van der Waals surface area contributed by atoms with Crippen LogP contribution >= 0.6 is 0 Å².